The third-order valence-electron chi connectivity index (χ3n) is 3.82. The second-order valence-electron chi connectivity index (χ2n) is 5.90. The number of carbonyl (C=O) groups is 2. The molecule has 27 heavy (non-hydrogen) atoms. The molecule has 2 heterocycles. The number of aromatic nitrogens is 2. The Morgan fingerprint density at radius 1 is 1.04 bits per heavy atom. The first kappa shape index (κ1) is 18.5. The van der Waals surface area contributed by atoms with Gasteiger partial charge in [-0.05, 0) is 48.7 Å². The van der Waals surface area contributed by atoms with Gasteiger partial charge in [0, 0.05) is 24.4 Å². The normalized spacial score (nSPS) is 11.6. The van der Waals surface area contributed by atoms with Crippen LogP contribution in [0.5, 0.6) is 0 Å². The van der Waals surface area contributed by atoms with Crippen molar-refractivity contribution in [2.24, 2.45) is 0 Å². The van der Waals surface area contributed by atoms with Gasteiger partial charge < -0.3 is 10.6 Å². The van der Waals surface area contributed by atoms with Crippen LogP contribution in [0.25, 0.3) is 10.6 Å². The van der Waals surface area contributed by atoms with Crippen molar-refractivity contribution in [3.05, 3.63) is 64.3 Å². The molecule has 0 aliphatic heterocycles. The van der Waals surface area contributed by atoms with Crippen LogP contribution in [0.3, 0.4) is 0 Å². The van der Waals surface area contributed by atoms with Gasteiger partial charge in [-0.3, -0.25) is 14.4 Å². The number of carbonyl (C=O) groups excluding carboxylic acids is 2. The summed E-state index contributed by atoms with van der Waals surface area (Å²) in [6.07, 6.45) is 0. The van der Waals surface area contributed by atoms with Crippen molar-refractivity contribution in [3.63, 3.8) is 0 Å². The molecule has 2 N–H and O–H groups in total. The van der Waals surface area contributed by atoms with Gasteiger partial charge >= 0.3 is 0 Å². The Kier molecular flexibility index (Phi) is 5.46. The molecular formula is C19H18N4O3S. The first-order chi connectivity index (χ1) is 12.9. The van der Waals surface area contributed by atoms with E-state index in [9.17, 15) is 14.4 Å². The van der Waals surface area contributed by atoms with Crippen LogP contribution in [0.4, 0.5) is 11.4 Å². The Balaban J connectivity index is 1.76. The minimum absolute atomic E-state index is 0.170. The van der Waals surface area contributed by atoms with E-state index in [1.54, 1.807) is 37.3 Å². The quantitative estimate of drug-likeness (QED) is 0.709. The van der Waals surface area contributed by atoms with Gasteiger partial charge in [0.2, 0.25) is 11.8 Å². The third-order valence-corrected chi connectivity index (χ3v) is 4.71. The highest BCUT2D eigenvalue weighted by atomic mass is 32.1. The van der Waals surface area contributed by atoms with E-state index in [-0.39, 0.29) is 17.4 Å². The average Bonchev–Trinajstić information content (AvgIpc) is 3.17. The lowest BCUT2D eigenvalue weighted by Gasteiger charge is -2.15. The predicted octanol–water partition coefficient (Wildman–Crippen LogP) is 3.13. The van der Waals surface area contributed by atoms with E-state index < -0.39 is 6.04 Å². The molecule has 8 heteroatoms. The topological polar surface area (TPSA) is 93.1 Å². The molecule has 3 aromatic rings. The van der Waals surface area contributed by atoms with Crippen LogP contribution in [0.1, 0.15) is 19.9 Å². The SMILES string of the molecule is CC(=O)Nc1ccc(NC(=O)C(C)n2nc(-c3cccs3)ccc2=O)cc1. The van der Waals surface area contributed by atoms with Gasteiger partial charge in [0.25, 0.3) is 5.56 Å². The standard InChI is InChI=1S/C19H18N4O3S/c1-12(19(26)21-15-7-5-14(6-8-15)20-13(2)24)23-18(25)10-9-16(22-23)17-4-3-11-27-17/h3-12H,1-2H3,(H,20,24)(H,21,26). The predicted molar refractivity (Wildman–Crippen MR) is 106 cm³/mol. The van der Waals surface area contributed by atoms with Crippen LogP contribution in [0.15, 0.2) is 58.7 Å². The summed E-state index contributed by atoms with van der Waals surface area (Å²) in [5.41, 5.74) is 1.49. The van der Waals surface area contributed by atoms with Gasteiger partial charge in [-0.25, -0.2) is 4.68 Å². The molecule has 0 fully saturated rings. The molecule has 1 aromatic carbocycles. The number of benzene rings is 1. The van der Waals surface area contributed by atoms with Crippen molar-refractivity contribution in [1.29, 1.82) is 0 Å². The summed E-state index contributed by atoms with van der Waals surface area (Å²) in [7, 11) is 0. The first-order valence-corrected chi connectivity index (χ1v) is 9.14. The zero-order valence-electron chi connectivity index (χ0n) is 14.8. The Bertz CT molecular complexity index is 1010. The van der Waals surface area contributed by atoms with Crippen LogP contribution in [0.2, 0.25) is 0 Å². The van der Waals surface area contributed by atoms with E-state index in [1.165, 1.54) is 29.0 Å². The third kappa shape index (κ3) is 4.48. The van der Waals surface area contributed by atoms with Gasteiger partial charge in [-0.15, -0.1) is 11.3 Å². The molecule has 0 saturated carbocycles. The Morgan fingerprint density at radius 3 is 2.30 bits per heavy atom. The van der Waals surface area contributed by atoms with E-state index >= 15 is 0 Å². The lowest BCUT2D eigenvalue weighted by atomic mass is 10.2. The van der Waals surface area contributed by atoms with Crippen molar-refractivity contribution in [2.75, 3.05) is 10.6 Å². The van der Waals surface area contributed by atoms with E-state index in [2.05, 4.69) is 15.7 Å². The first-order valence-electron chi connectivity index (χ1n) is 8.26. The van der Waals surface area contributed by atoms with Crippen LogP contribution < -0.4 is 16.2 Å². The summed E-state index contributed by atoms with van der Waals surface area (Å²) in [6.45, 7) is 3.04. The molecule has 7 nitrogen and oxygen atoms in total. The second-order valence-corrected chi connectivity index (χ2v) is 6.85. The lowest BCUT2D eigenvalue weighted by molar-refractivity contribution is -0.119. The van der Waals surface area contributed by atoms with E-state index in [4.69, 9.17) is 0 Å². The van der Waals surface area contributed by atoms with Crippen LogP contribution in [0, 0.1) is 0 Å². The maximum Gasteiger partial charge on any atom is 0.267 e. The van der Waals surface area contributed by atoms with Gasteiger partial charge in [0.05, 0.1) is 4.88 Å². The smallest absolute Gasteiger partial charge is 0.267 e. The van der Waals surface area contributed by atoms with Crippen molar-refractivity contribution in [1.82, 2.24) is 9.78 Å². The molecule has 3 rings (SSSR count). The fourth-order valence-corrected chi connectivity index (χ4v) is 3.15. The van der Waals surface area contributed by atoms with Crippen molar-refractivity contribution < 1.29 is 9.59 Å². The zero-order chi connectivity index (χ0) is 19.4. The number of anilines is 2. The number of amides is 2. The largest absolute Gasteiger partial charge is 0.326 e. The number of nitrogens with zero attached hydrogens (tertiary/aromatic N) is 2. The Labute approximate surface area is 159 Å². The summed E-state index contributed by atoms with van der Waals surface area (Å²) in [5, 5.41) is 11.7. The zero-order valence-corrected chi connectivity index (χ0v) is 15.6. The molecule has 0 spiro atoms. The minimum Gasteiger partial charge on any atom is -0.326 e. The number of nitrogens with one attached hydrogen (secondary N) is 2. The van der Waals surface area contributed by atoms with Gasteiger partial charge in [0.15, 0.2) is 0 Å². The molecule has 0 radical (unpaired) electrons. The Morgan fingerprint density at radius 2 is 1.70 bits per heavy atom. The van der Waals surface area contributed by atoms with Gasteiger partial charge in [0.1, 0.15) is 11.7 Å². The number of rotatable bonds is 5. The highest BCUT2D eigenvalue weighted by Crippen LogP contribution is 2.22. The van der Waals surface area contributed by atoms with Crippen molar-refractivity contribution >= 4 is 34.5 Å². The monoisotopic (exact) mass is 382 g/mol. The molecule has 2 amide bonds. The van der Waals surface area contributed by atoms with Crippen LogP contribution >= 0.6 is 11.3 Å². The molecule has 1 atom stereocenters. The van der Waals surface area contributed by atoms with E-state index in [0.29, 0.717) is 17.1 Å². The summed E-state index contributed by atoms with van der Waals surface area (Å²) in [6, 6.07) is 12.8. The van der Waals surface area contributed by atoms with E-state index in [1.807, 2.05) is 17.5 Å². The number of hydrogen-bond acceptors (Lipinski definition) is 5. The Hall–Kier alpha value is -3.26. The van der Waals surface area contributed by atoms with Crippen molar-refractivity contribution in [3.8, 4) is 10.6 Å². The fraction of sp³-hybridized carbons (Fsp3) is 0.158. The van der Waals surface area contributed by atoms with Gasteiger partial charge in [-0.1, -0.05) is 6.07 Å². The molecule has 0 aliphatic rings. The highest BCUT2D eigenvalue weighted by molar-refractivity contribution is 7.13. The molecule has 1 unspecified atom stereocenters. The molecule has 2 aromatic heterocycles. The molecular weight excluding hydrogens is 364 g/mol. The van der Waals surface area contributed by atoms with Crippen LogP contribution in [-0.2, 0) is 9.59 Å². The molecule has 0 aliphatic carbocycles. The average molecular weight is 382 g/mol. The lowest BCUT2D eigenvalue weighted by Crippen LogP contribution is -2.33. The second kappa shape index (κ2) is 7.96. The molecule has 138 valence electrons. The van der Waals surface area contributed by atoms with Gasteiger partial charge in [-0.2, -0.15) is 5.10 Å². The maximum absolute atomic E-state index is 12.5. The molecule has 0 bridgehead atoms. The van der Waals surface area contributed by atoms with Crippen LogP contribution in [-0.4, -0.2) is 21.6 Å². The minimum atomic E-state index is -0.785. The van der Waals surface area contributed by atoms with Crippen molar-refractivity contribution in [2.45, 2.75) is 19.9 Å². The highest BCUT2D eigenvalue weighted by Gasteiger charge is 2.18. The number of hydrogen-bond donors (Lipinski definition) is 2. The van der Waals surface area contributed by atoms with E-state index in [0.717, 1.165) is 4.88 Å². The summed E-state index contributed by atoms with van der Waals surface area (Å²) >= 11 is 1.51. The summed E-state index contributed by atoms with van der Waals surface area (Å²) in [4.78, 5) is 36.7. The summed E-state index contributed by atoms with van der Waals surface area (Å²) < 4.78 is 1.18. The fourth-order valence-electron chi connectivity index (χ4n) is 2.46. The maximum atomic E-state index is 12.5. The number of thiophene rings is 1. The molecule has 0 saturated heterocycles. The summed E-state index contributed by atoms with van der Waals surface area (Å²) in [5.74, 6) is -0.531.